The van der Waals surface area contributed by atoms with Crippen molar-refractivity contribution in [1.29, 1.82) is 0 Å². The molecule has 13 heteroatoms. The summed E-state index contributed by atoms with van der Waals surface area (Å²) < 4.78 is 0. The molecule has 0 aromatic heterocycles. The van der Waals surface area contributed by atoms with Gasteiger partial charge in [0, 0.05) is 13.1 Å². The van der Waals surface area contributed by atoms with Gasteiger partial charge in [-0.3, -0.25) is 19.4 Å². The van der Waals surface area contributed by atoms with Gasteiger partial charge in [0.15, 0.2) is 5.96 Å². The minimum Gasteiger partial charge on any atom is -0.480 e. The standard InChI is InChI=1S/C20H37N7O6/c1-3-11(2)15(21)17(30)25-12(6-4-8-24-20(22)23)18(31)27-9-5-7-14(27)16(29)26-13(10-28)19(32)33/h11-15,28H,3-10,21H2,1-2H3,(H,25,30)(H,26,29)(H,32,33)(H4,22,23,24). The fourth-order valence-corrected chi connectivity index (χ4v) is 3.50. The van der Waals surface area contributed by atoms with Crippen LogP contribution < -0.4 is 27.8 Å². The Balaban J connectivity index is 2.98. The number of amides is 3. The van der Waals surface area contributed by atoms with Crippen molar-refractivity contribution in [3.05, 3.63) is 0 Å². The topological polar surface area (TPSA) is 226 Å². The third kappa shape index (κ3) is 8.50. The molecule has 0 aliphatic carbocycles. The van der Waals surface area contributed by atoms with E-state index in [1.165, 1.54) is 4.90 Å². The van der Waals surface area contributed by atoms with Crippen LogP contribution in [0.15, 0.2) is 4.99 Å². The van der Waals surface area contributed by atoms with Gasteiger partial charge in [-0.2, -0.15) is 0 Å². The zero-order chi connectivity index (χ0) is 25.1. The Bertz CT molecular complexity index is 728. The lowest BCUT2D eigenvalue weighted by Gasteiger charge is -2.30. The van der Waals surface area contributed by atoms with E-state index >= 15 is 0 Å². The molecule has 5 atom stereocenters. The fourth-order valence-electron chi connectivity index (χ4n) is 3.50. The summed E-state index contributed by atoms with van der Waals surface area (Å²) in [6, 6.07) is -4.14. The van der Waals surface area contributed by atoms with Gasteiger partial charge in [0.05, 0.1) is 12.6 Å². The van der Waals surface area contributed by atoms with E-state index in [9.17, 15) is 19.2 Å². The summed E-state index contributed by atoms with van der Waals surface area (Å²) in [5.41, 5.74) is 16.7. The summed E-state index contributed by atoms with van der Waals surface area (Å²) >= 11 is 0. The van der Waals surface area contributed by atoms with Crippen LogP contribution in [0.5, 0.6) is 0 Å². The highest BCUT2D eigenvalue weighted by atomic mass is 16.4. The van der Waals surface area contributed by atoms with Crippen molar-refractivity contribution in [2.45, 2.75) is 70.1 Å². The van der Waals surface area contributed by atoms with E-state index in [0.29, 0.717) is 25.7 Å². The van der Waals surface area contributed by atoms with E-state index in [4.69, 9.17) is 27.4 Å². The molecule has 0 saturated carbocycles. The predicted octanol–water partition coefficient (Wildman–Crippen LogP) is -2.55. The van der Waals surface area contributed by atoms with E-state index in [0.717, 1.165) is 0 Å². The maximum Gasteiger partial charge on any atom is 0.328 e. The van der Waals surface area contributed by atoms with Crippen molar-refractivity contribution in [1.82, 2.24) is 15.5 Å². The number of aliphatic imine (C=N–C) groups is 1. The minimum absolute atomic E-state index is 0.0890. The van der Waals surface area contributed by atoms with Gasteiger partial charge in [0.2, 0.25) is 17.7 Å². The Morgan fingerprint density at radius 2 is 1.85 bits per heavy atom. The molecule has 5 unspecified atom stereocenters. The van der Waals surface area contributed by atoms with Crippen LogP contribution in [0, 0.1) is 5.92 Å². The summed E-state index contributed by atoms with van der Waals surface area (Å²) in [4.78, 5) is 54.9. The number of nitrogens with two attached hydrogens (primary N) is 3. The molecule has 0 bridgehead atoms. The summed E-state index contributed by atoms with van der Waals surface area (Å²) in [5.74, 6) is -3.20. The van der Waals surface area contributed by atoms with Crippen molar-refractivity contribution in [3.8, 4) is 0 Å². The van der Waals surface area contributed by atoms with Crippen molar-refractivity contribution in [2.75, 3.05) is 19.7 Å². The number of nitrogens with one attached hydrogen (secondary N) is 2. The molecule has 0 radical (unpaired) electrons. The number of nitrogens with zero attached hydrogens (tertiary/aromatic N) is 2. The van der Waals surface area contributed by atoms with Crippen LogP contribution in [0.4, 0.5) is 0 Å². The maximum absolute atomic E-state index is 13.3. The quantitative estimate of drug-likeness (QED) is 0.0850. The first-order chi connectivity index (χ1) is 15.5. The van der Waals surface area contributed by atoms with Crippen LogP contribution in [0.3, 0.4) is 0 Å². The zero-order valence-electron chi connectivity index (χ0n) is 19.2. The molecule has 1 aliphatic heterocycles. The molecule has 0 spiro atoms. The number of carboxylic acid groups (broad SMARTS) is 1. The molecule has 13 nitrogen and oxygen atoms in total. The van der Waals surface area contributed by atoms with E-state index in [1.807, 2.05) is 13.8 Å². The number of hydrogen-bond acceptors (Lipinski definition) is 7. The molecule has 1 heterocycles. The number of aliphatic hydroxyl groups is 1. The minimum atomic E-state index is -1.47. The number of carbonyl (C=O) groups excluding carboxylic acids is 3. The predicted molar refractivity (Wildman–Crippen MR) is 121 cm³/mol. The Morgan fingerprint density at radius 1 is 1.18 bits per heavy atom. The number of likely N-dealkylation sites (tertiary alicyclic amines) is 1. The first-order valence-corrected chi connectivity index (χ1v) is 11.1. The third-order valence-corrected chi connectivity index (χ3v) is 5.76. The molecule has 1 saturated heterocycles. The zero-order valence-corrected chi connectivity index (χ0v) is 19.2. The van der Waals surface area contributed by atoms with Crippen LogP contribution in [0.25, 0.3) is 0 Å². The van der Waals surface area contributed by atoms with Crippen molar-refractivity contribution >= 4 is 29.7 Å². The second-order valence-electron chi connectivity index (χ2n) is 8.19. The van der Waals surface area contributed by atoms with E-state index < -0.39 is 54.5 Å². The number of hydrogen-bond donors (Lipinski definition) is 7. The normalized spacial score (nSPS) is 19.2. The average molecular weight is 472 g/mol. The van der Waals surface area contributed by atoms with Gasteiger partial charge in [0.25, 0.3) is 0 Å². The second-order valence-corrected chi connectivity index (χ2v) is 8.19. The highest BCUT2D eigenvalue weighted by molar-refractivity contribution is 5.94. The molecule has 3 amide bonds. The lowest BCUT2D eigenvalue weighted by Crippen LogP contribution is -2.57. The molecular weight excluding hydrogens is 434 g/mol. The Morgan fingerprint density at radius 3 is 2.39 bits per heavy atom. The van der Waals surface area contributed by atoms with Gasteiger partial charge in [0.1, 0.15) is 18.1 Å². The highest BCUT2D eigenvalue weighted by Gasteiger charge is 2.39. The van der Waals surface area contributed by atoms with Gasteiger partial charge >= 0.3 is 5.97 Å². The van der Waals surface area contributed by atoms with Gasteiger partial charge in [-0.05, 0) is 31.6 Å². The number of rotatable bonds is 13. The van der Waals surface area contributed by atoms with Crippen molar-refractivity contribution < 1.29 is 29.4 Å². The first kappa shape index (κ1) is 28.1. The fraction of sp³-hybridized carbons (Fsp3) is 0.750. The lowest BCUT2D eigenvalue weighted by atomic mass is 9.98. The van der Waals surface area contributed by atoms with Crippen LogP contribution in [-0.2, 0) is 19.2 Å². The second kappa shape index (κ2) is 13.6. The molecular formula is C20H37N7O6. The van der Waals surface area contributed by atoms with Crippen LogP contribution in [0.2, 0.25) is 0 Å². The monoisotopic (exact) mass is 471 g/mol. The first-order valence-electron chi connectivity index (χ1n) is 11.1. The number of guanidine groups is 1. The van der Waals surface area contributed by atoms with Crippen LogP contribution >= 0.6 is 0 Å². The van der Waals surface area contributed by atoms with Crippen molar-refractivity contribution in [2.24, 2.45) is 28.1 Å². The smallest absolute Gasteiger partial charge is 0.328 e. The summed E-state index contributed by atoms with van der Waals surface area (Å²) in [5, 5.41) is 23.2. The molecule has 33 heavy (non-hydrogen) atoms. The number of carbonyl (C=O) groups is 4. The SMILES string of the molecule is CCC(C)C(N)C(=O)NC(CCCN=C(N)N)C(=O)N1CCCC1C(=O)NC(CO)C(=O)O. The molecule has 1 aliphatic rings. The molecule has 1 rings (SSSR count). The van der Waals surface area contributed by atoms with E-state index in [-0.39, 0.29) is 31.4 Å². The molecule has 0 aromatic carbocycles. The number of aliphatic carboxylic acids is 1. The molecule has 0 aromatic rings. The van der Waals surface area contributed by atoms with Crippen LogP contribution in [0.1, 0.15) is 46.0 Å². The van der Waals surface area contributed by atoms with E-state index in [1.54, 1.807) is 0 Å². The van der Waals surface area contributed by atoms with E-state index in [2.05, 4.69) is 15.6 Å². The summed E-state index contributed by atoms with van der Waals surface area (Å²) in [7, 11) is 0. The Hall–Kier alpha value is -2.93. The number of aliphatic hydroxyl groups excluding tert-OH is 1. The number of carboxylic acids is 1. The highest BCUT2D eigenvalue weighted by Crippen LogP contribution is 2.20. The molecule has 10 N–H and O–H groups in total. The average Bonchev–Trinajstić information content (AvgIpc) is 3.27. The van der Waals surface area contributed by atoms with Gasteiger partial charge < -0.3 is 42.9 Å². The Labute approximate surface area is 193 Å². The third-order valence-electron chi connectivity index (χ3n) is 5.76. The summed E-state index contributed by atoms with van der Waals surface area (Å²) in [6.07, 6.45) is 2.15. The largest absolute Gasteiger partial charge is 0.480 e. The maximum atomic E-state index is 13.3. The van der Waals surface area contributed by atoms with Gasteiger partial charge in [-0.25, -0.2) is 4.79 Å². The van der Waals surface area contributed by atoms with Crippen LogP contribution in [-0.4, -0.2) is 88.6 Å². The van der Waals surface area contributed by atoms with Gasteiger partial charge in [-0.1, -0.05) is 20.3 Å². The molecule has 1 fully saturated rings. The summed E-state index contributed by atoms with van der Waals surface area (Å²) in [6.45, 7) is 3.48. The lowest BCUT2D eigenvalue weighted by molar-refractivity contribution is -0.145. The van der Waals surface area contributed by atoms with Gasteiger partial charge in [-0.15, -0.1) is 0 Å². The van der Waals surface area contributed by atoms with Crippen molar-refractivity contribution in [3.63, 3.8) is 0 Å². The molecule has 188 valence electrons. The Kier molecular flexibility index (Phi) is 11.6.